The maximum atomic E-state index is 12.7. The van der Waals surface area contributed by atoms with Crippen LogP contribution >= 0.6 is 0 Å². The fourth-order valence-electron chi connectivity index (χ4n) is 2.92. The number of aliphatic hydroxyl groups excluding tert-OH is 3. The molecule has 13 heteroatoms. The van der Waals surface area contributed by atoms with Crippen molar-refractivity contribution in [2.45, 2.75) is 23.1 Å². The quantitative estimate of drug-likeness (QED) is 0.363. The molecule has 1 fully saturated rings. The second-order valence-corrected chi connectivity index (χ2v) is 7.96. The van der Waals surface area contributed by atoms with Gasteiger partial charge in [0.05, 0.1) is 25.7 Å². The minimum absolute atomic E-state index is 0.0741. The van der Waals surface area contributed by atoms with Crippen LogP contribution < -0.4 is 19.1 Å². The molecule has 2 heterocycles. The maximum absolute atomic E-state index is 12.7. The molecular weight excluding hydrogens is 420 g/mol. The summed E-state index contributed by atoms with van der Waals surface area (Å²) in [6.45, 7) is -0.645. The van der Waals surface area contributed by atoms with E-state index in [9.17, 15) is 23.4 Å². The largest absolute Gasteiger partial charge is 0.481 e. The third-order valence-corrected chi connectivity index (χ3v) is 5.80. The predicted molar refractivity (Wildman–Crippen MR) is 103 cm³/mol. The number of hydrogen-bond donors (Lipinski definition) is 4. The van der Waals surface area contributed by atoms with Crippen LogP contribution in [0.3, 0.4) is 0 Å². The van der Waals surface area contributed by atoms with Crippen molar-refractivity contribution in [1.29, 1.82) is 0 Å². The van der Waals surface area contributed by atoms with Crippen molar-refractivity contribution in [2.75, 3.05) is 30.4 Å². The maximum Gasteiger partial charge on any atom is 0.321 e. The van der Waals surface area contributed by atoms with Crippen molar-refractivity contribution in [3.05, 3.63) is 30.3 Å². The molecule has 0 saturated carbocycles. The van der Waals surface area contributed by atoms with Crippen LogP contribution in [0.5, 0.6) is 11.9 Å². The first-order valence-corrected chi connectivity index (χ1v) is 10.1. The molecule has 1 aromatic heterocycles. The van der Waals surface area contributed by atoms with E-state index in [1.165, 1.54) is 44.6 Å². The molecule has 0 bridgehead atoms. The van der Waals surface area contributed by atoms with Gasteiger partial charge in [-0.3, -0.25) is 9.52 Å². The van der Waals surface area contributed by atoms with Gasteiger partial charge in [0.25, 0.3) is 15.9 Å². The number of hydrogen-bond acceptors (Lipinski definition) is 10. The van der Waals surface area contributed by atoms with Gasteiger partial charge in [0.15, 0.2) is 11.9 Å². The van der Waals surface area contributed by atoms with E-state index in [0.717, 1.165) is 4.90 Å². The zero-order chi connectivity index (χ0) is 22.1. The Morgan fingerprint density at radius 2 is 1.87 bits per heavy atom. The number of nitrogens with one attached hydrogen (secondary N) is 1. The zero-order valence-electron chi connectivity index (χ0n) is 16.0. The number of β-lactam (4-membered cyclic amide) rings is 1. The van der Waals surface area contributed by atoms with Gasteiger partial charge in [-0.2, -0.15) is 9.97 Å². The Balaban J connectivity index is 1.83. The molecule has 4 N–H and O–H groups in total. The molecule has 12 nitrogen and oxygen atoms in total. The first-order valence-electron chi connectivity index (χ1n) is 8.62. The Kier molecular flexibility index (Phi) is 6.07. The van der Waals surface area contributed by atoms with Crippen LogP contribution in [-0.4, -0.2) is 78.7 Å². The Morgan fingerprint density at radius 3 is 2.43 bits per heavy atom. The molecular formula is C17H20N4O8S. The Labute approximate surface area is 171 Å². The highest BCUT2D eigenvalue weighted by atomic mass is 32.2. The summed E-state index contributed by atoms with van der Waals surface area (Å²) in [5.74, 6) is -0.644. The van der Waals surface area contributed by atoms with Crippen molar-refractivity contribution in [1.82, 2.24) is 9.97 Å². The van der Waals surface area contributed by atoms with Crippen LogP contribution in [0, 0.1) is 0 Å². The van der Waals surface area contributed by atoms with Gasteiger partial charge in [0.2, 0.25) is 5.88 Å². The topological polar surface area (TPSA) is 171 Å². The molecule has 2 unspecified atom stereocenters. The summed E-state index contributed by atoms with van der Waals surface area (Å²) in [5.41, 5.74) is 0.257. The predicted octanol–water partition coefficient (Wildman–Crippen LogP) is -1.28. The van der Waals surface area contributed by atoms with Crippen molar-refractivity contribution in [3.8, 4) is 11.9 Å². The van der Waals surface area contributed by atoms with Gasteiger partial charge in [-0.25, -0.2) is 8.42 Å². The fourth-order valence-corrected chi connectivity index (χ4v) is 3.91. The van der Waals surface area contributed by atoms with Gasteiger partial charge < -0.3 is 29.7 Å². The average Bonchev–Trinajstić information content (AvgIpc) is 2.75. The standard InChI is InChI=1S/C17H20N4O8S/c1-28-13-7-12(18-17(19-13)29-2)20-30(26,27)10-5-3-9(4-6-10)21-14(11(23)8-22)15(24)16(21)25/h3-7,11,14-15,22-24H,8H2,1-2H3,(H,18,19,20)/t11-,14?,15?/m0/s1. The Morgan fingerprint density at radius 1 is 1.20 bits per heavy atom. The molecule has 0 spiro atoms. The summed E-state index contributed by atoms with van der Waals surface area (Å²) in [6, 6.07) is 5.33. The average molecular weight is 440 g/mol. The number of sulfonamides is 1. The SMILES string of the molecule is COc1cc(NS(=O)(=O)c2ccc(N3C(=O)C(O)C3[C@@H](O)CO)cc2)nc(OC)n1. The van der Waals surface area contributed by atoms with Gasteiger partial charge in [0, 0.05) is 11.8 Å². The van der Waals surface area contributed by atoms with Crippen LogP contribution in [0.2, 0.25) is 0 Å². The highest BCUT2D eigenvalue weighted by molar-refractivity contribution is 7.92. The number of anilines is 2. The summed E-state index contributed by atoms with van der Waals surface area (Å²) in [5, 5.41) is 28.6. The smallest absolute Gasteiger partial charge is 0.321 e. The third kappa shape index (κ3) is 4.00. The van der Waals surface area contributed by atoms with Gasteiger partial charge >= 0.3 is 6.01 Å². The lowest BCUT2D eigenvalue weighted by Gasteiger charge is -2.46. The summed E-state index contributed by atoms with van der Waals surface area (Å²) >= 11 is 0. The number of aliphatic hydroxyl groups is 3. The molecule has 1 amide bonds. The van der Waals surface area contributed by atoms with E-state index in [-0.39, 0.29) is 28.3 Å². The van der Waals surface area contributed by atoms with E-state index >= 15 is 0 Å². The summed E-state index contributed by atoms with van der Waals surface area (Å²) in [4.78, 5) is 20.7. The third-order valence-electron chi connectivity index (χ3n) is 4.43. The minimum atomic E-state index is -4.05. The van der Waals surface area contributed by atoms with Crippen molar-refractivity contribution < 1.29 is 38.0 Å². The number of benzene rings is 1. The number of aromatic nitrogens is 2. The van der Waals surface area contributed by atoms with E-state index < -0.39 is 40.8 Å². The first kappa shape index (κ1) is 21.7. The molecule has 3 rings (SSSR count). The summed E-state index contributed by atoms with van der Waals surface area (Å²) < 4.78 is 37.5. The Bertz CT molecular complexity index is 1010. The molecule has 1 aromatic carbocycles. The molecule has 30 heavy (non-hydrogen) atoms. The van der Waals surface area contributed by atoms with Gasteiger partial charge in [-0.05, 0) is 24.3 Å². The lowest BCUT2D eigenvalue weighted by atomic mass is 9.92. The van der Waals surface area contributed by atoms with Crippen LogP contribution in [-0.2, 0) is 14.8 Å². The number of nitrogens with zero attached hydrogens (tertiary/aromatic N) is 3. The number of carbonyl (C=O) groups is 1. The molecule has 1 aliphatic heterocycles. The van der Waals surface area contributed by atoms with Gasteiger partial charge in [-0.15, -0.1) is 0 Å². The molecule has 0 radical (unpaired) electrons. The van der Waals surface area contributed by atoms with E-state index in [4.69, 9.17) is 14.6 Å². The zero-order valence-corrected chi connectivity index (χ0v) is 16.8. The highest BCUT2D eigenvalue weighted by Crippen LogP contribution is 2.31. The molecule has 1 saturated heterocycles. The van der Waals surface area contributed by atoms with Crippen LogP contribution in [0.15, 0.2) is 35.2 Å². The van der Waals surface area contributed by atoms with Gasteiger partial charge in [-0.1, -0.05) is 0 Å². The second-order valence-electron chi connectivity index (χ2n) is 6.28. The van der Waals surface area contributed by atoms with Crippen molar-refractivity contribution >= 4 is 27.4 Å². The summed E-state index contributed by atoms with van der Waals surface area (Å²) in [6.07, 6.45) is -2.79. The number of carbonyl (C=O) groups excluding carboxylic acids is 1. The van der Waals surface area contributed by atoms with Crippen molar-refractivity contribution in [2.24, 2.45) is 0 Å². The first-order chi connectivity index (χ1) is 14.2. The van der Waals surface area contributed by atoms with E-state index in [1.54, 1.807) is 0 Å². The molecule has 162 valence electrons. The normalized spacial score (nSPS) is 19.8. The molecule has 1 aliphatic rings. The highest BCUT2D eigenvalue weighted by Gasteiger charge is 2.50. The van der Waals surface area contributed by atoms with E-state index in [0.29, 0.717) is 0 Å². The number of ether oxygens (including phenoxy) is 2. The lowest BCUT2D eigenvalue weighted by molar-refractivity contribution is -0.142. The molecule has 2 aromatic rings. The minimum Gasteiger partial charge on any atom is -0.481 e. The van der Waals surface area contributed by atoms with E-state index in [2.05, 4.69) is 14.7 Å². The summed E-state index contributed by atoms with van der Waals surface area (Å²) in [7, 11) is -1.37. The van der Waals surface area contributed by atoms with Gasteiger partial charge in [0.1, 0.15) is 12.1 Å². The lowest BCUT2D eigenvalue weighted by Crippen LogP contribution is -2.70. The number of methoxy groups -OCH3 is 2. The fraction of sp³-hybridized carbons (Fsp3) is 0.353. The van der Waals surface area contributed by atoms with Crippen molar-refractivity contribution in [3.63, 3.8) is 0 Å². The number of rotatable bonds is 8. The van der Waals surface area contributed by atoms with Crippen LogP contribution in [0.1, 0.15) is 0 Å². The molecule has 3 atom stereocenters. The van der Waals surface area contributed by atoms with E-state index in [1.807, 2.05) is 0 Å². The molecule has 0 aliphatic carbocycles. The van der Waals surface area contributed by atoms with Crippen LogP contribution in [0.25, 0.3) is 0 Å². The second kappa shape index (κ2) is 8.39. The Hall–Kier alpha value is -3.00. The van der Waals surface area contributed by atoms with Crippen LogP contribution in [0.4, 0.5) is 11.5 Å². The monoisotopic (exact) mass is 440 g/mol. The number of amides is 1.